The molecule has 1 aliphatic heterocycles. The van der Waals surface area contributed by atoms with Crippen LogP contribution in [0.15, 0.2) is 35.7 Å². The topological polar surface area (TPSA) is 67.1 Å². The number of aromatic nitrogens is 3. The zero-order chi connectivity index (χ0) is 18.4. The molecule has 0 radical (unpaired) electrons. The molecule has 0 aliphatic carbocycles. The van der Waals surface area contributed by atoms with Gasteiger partial charge in [-0.05, 0) is 51.0 Å². The lowest BCUT2D eigenvalue weighted by molar-refractivity contribution is 0.584. The summed E-state index contributed by atoms with van der Waals surface area (Å²) in [4.78, 5) is 13.5. The molecule has 0 aromatic carbocycles. The number of thioether (sulfide) groups is 1. The van der Waals surface area contributed by atoms with Gasteiger partial charge in [0.25, 0.3) is 0 Å². The first kappa shape index (κ1) is 18.8. The highest BCUT2D eigenvalue weighted by Crippen LogP contribution is 2.36. The predicted molar refractivity (Wildman–Crippen MR) is 109 cm³/mol. The van der Waals surface area contributed by atoms with Gasteiger partial charge < -0.3 is 10.6 Å². The molecule has 3 heterocycles. The van der Waals surface area contributed by atoms with Crippen LogP contribution in [-0.4, -0.2) is 44.1 Å². The van der Waals surface area contributed by atoms with Crippen molar-refractivity contribution in [2.24, 2.45) is 4.99 Å². The summed E-state index contributed by atoms with van der Waals surface area (Å²) in [5.41, 5.74) is 1.09. The highest BCUT2D eigenvalue weighted by Gasteiger charge is 2.29. The van der Waals surface area contributed by atoms with E-state index in [4.69, 9.17) is 4.99 Å². The van der Waals surface area contributed by atoms with E-state index in [9.17, 15) is 0 Å². The number of hydrogen-bond donors (Lipinski definition) is 2. The number of hydrogen-bond acceptors (Lipinski definition) is 4. The molecule has 7 heteroatoms. The Balaban J connectivity index is 1.61. The Morgan fingerprint density at radius 3 is 2.85 bits per heavy atom. The number of imidazole rings is 1. The van der Waals surface area contributed by atoms with E-state index in [0.29, 0.717) is 11.3 Å². The summed E-state index contributed by atoms with van der Waals surface area (Å²) in [6.07, 6.45) is 8.17. The van der Waals surface area contributed by atoms with E-state index >= 15 is 0 Å². The molecule has 2 N–H and O–H groups in total. The number of pyridine rings is 1. The van der Waals surface area contributed by atoms with Gasteiger partial charge in [-0.25, -0.2) is 15.0 Å². The van der Waals surface area contributed by atoms with Gasteiger partial charge >= 0.3 is 0 Å². The second-order valence-electron chi connectivity index (χ2n) is 6.82. The maximum absolute atomic E-state index is 4.71. The van der Waals surface area contributed by atoms with Gasteiger partial charge in [0, 0.05) is 36.4 Å². The minimum Gasteiger partial charge on any atom is -0.357 e. The molecule has 140 valence electrons. The second-order valence-corrected chi connectivity index (χ2v) is 8.50. The lowest BCUT2D eigenvalue weighted by atomic mass is 10.1. The Morgan fingerprint density at radius 1 is 1.35 bits per heavy atom. The summed E-state index contributed by atoms with van der Waals surface area (Å²) in [7, 11) is 0. The van der Waals surface area contributed by atoms with E-state index in [1.807, 2.05) is 30.0 Å². The number of rotatable bonds is 6. The van der Waals surface area contributed by atoms with Gasteiger partial charge in [-0.15, -0.1) is 0 Å². The lowest BCUT2D eigenvalue weighted by Gasteiger charge is -2.24. The summed E-state index contributed by atoms with van der Waals surface area (Å²) in [5.74, 6) is 3.94. The largest absolute Gasteiger partial charge is 0.357 e. The minimum atomic E-state index is 0.321. The average Bonchev–Trinajstić information content (AvgIpc) is 3.27. The highest BCUT2D eigenvalue weighted by atomic mass is 32.2. The van der Waals surface area contributed by atoms with Gasteiger partial charge in [0.1, 0.15) is 11.6 Å². The molecular formula is C19H28N6S. The van der Waals surface area contributed by atoms with Gasteiger partial charge in [0.15, 0.2) is 5.96 Å². The van der Waals surface area contributed by atoms with Crippen molar-refractivity contribution in [3.8, 4) is 5.82 Å². The van der Waals surface area contributed by atoms with Gasteiger partial charge in [-0.2, -0.15) is 11.8 Å². The monoisotopic (exact) mass is 372 g/mol. The first-order chi connectivity index (χ1) is 12.6. The fraction of sp³-hybridized carbons (Fsp3) is 0.526. The van der Waals surface area contributed by atoms with Crippen LogP contribution in [0.1, 0.15) is 38.1 Å². The van der Waals surface area contributed by atoms with Crippen molar-refractivity contribution in [1.82, 2.24) is 25.2 Å². The third-order valence-electron chi connectivity index (χ3n) is 4.58. The van der Waals surface area contributed by atoms with Crippen LogP contribution in [-0.2, 0) is 6.54 Å². The van der Waals surface area contributed by atoms with Crippen molar-refractivity contribution >= 4 is 17.7 Å². The molecule has 3 rings (SSSR count). The maximum Gasteiger partial charge on any atom is 0.191 e. The predicted octanol–water partition coefficient (Wildman–Crippen LogP) is 2.92. The van der Waals surface area contributed by atoms with E-state index < -0.39 is 0 Å². The fourth-order valence-corrected chi connectivity index (χ4v) is 4.28. The molecule has 1 aliphatic rings. The third-order valence-corrected chi connectivity index (χ3v) is 6.11. The van der Waals surface area contributed by atoms with Gasteiger partial charge in [-0.3, -0.25) is 4.57 Å². The average molecular weight is 373 g/mol. The zero-order valence-electron chi connectivity index (χ0n) is 15.8. The van der Waals surface area contributed by atoms with E-state index in [2.05, 4.69) is 52.3 Å². The Labute approximate surface area is 159 Å². The number of nitrogens with zero attached hydrogens (tertiary/aromatic N) is 4. The second kappa shape index (κ2) is 8.58. The van der Waals surface area contributed by atoms with Gasteiger partial charge in [0.05, 0.1) is 6.54 Å². The van der Waals surface area contributed by atoms with Gasteiger partial charge in [0.2, 0.25) is 0 Å². The molecule has 0 saturated carbocycles. The zero-order valence-corrected chi connectivity index (χ0v) is 16.6. The third kappa shape index (κ3) is 4.78. The molecule has 6 nitrogen and oxygen atoms in total. The van der Waals surface area contributed by atoms with Crippen molar-refractivity contribution in [3.63, 3.8) is 0 Å². The Bertz CT molecular complexity index is 731. The van der Waals surface area contributed by atoms with Crippen molar-refractivity contribution in [3.05, 3.63) is 42.1 Å². The Morgan fingerprint density at radius 2 is 2.23 bits per heavy atom. The fourth-order valence-electron chi connectivity index (χ4n) is 3.03. The lowest BCUT2D eigenvalue weighted by Crippen LogP contribution is -2.43. The first-order valence-electron chi connectivity index (χ1n) is 9.21. The summed E-state index contributed by atoms with van der Waals surface area (Å²) in [5, 5.41) is 6.83. The molecule has 1 atom stereocenters. The normalized spacial score (nSPS) is 20.3. The van der Waals surface area contributed by atoms with Crippen molar-refractivity contribution in [2.75, 3.05) is 18.8 Å². The van der Waals surface area contributed by atoms with Crippen LogP contribution in [0.4, 0.5) is 0 Å². The van der Waals surface area contributed by atoms with Crippen LogP contribution in [0.25, 0.3) is 5.82 Å². The van der Waals surface area contributed by atoms with Crippen LogP contribution < -0.4 is 10.6 Å². The maximum atomic E-state index is 4.71. The van der Waals surface area contributed by atoms with Crippen LogP contribution >= 0.6 is 11.8 Å². The van der Waals surface area contributed by atoms with Crippen LogP contribution in [0.2, 0.25) is 0 Å². The number of guanidine groups is 1. The number of aryl methyl sites for hydroxylation is 1. The molecule has 26 heavy (non-hydrogen) atoms. The van der Waals surface area contributed by atoms with Crippen molar-refractivity contribution in [1.29, 1.82) is 0 Å². The molecule has 0 amide bonds. The smallest absolute Gasteiger partial charge is 0.191 e. The van der Waals surface area contributed by atoms with Crippen molar-refractivity contribution < 1.29 is 0 Å². The molecule has 1 fully saturated rings. The minimum absolute atomic E-state index is 0.321. The van der Waals surface area contributed by atoms with Crippen LogP contribution in [0.5, 0.6) is 0 Å². The van der Waals surface area contributed by atoms with E-state index in [0.717, 1.165) is 36.3 Å². The molecule has 2 aromatic heterocycles. The Kier molecular flexibility index (Phi) is 6.19. The van der Waals surface area contributed by atoms with Crippen molar-refractivity contribution in [2.45, 2.75) is 44.9 Å². The molecular weight excluding hydrogens is 344 g/mol. The quantitative estimate of drug-likeness (QED) is 0.603. The number of aliphatic imine (C=N–C) groups is 1. The molecule has 1 unspecified atom stereocenters. The number of nitrogens with one attached hydrogen (secondary N) is 2. The molecule has 0 bridgehead atoms. The SMILES string of the molecule is CCNC(=NCc1ccc(-n2ccnc2C)nc1)NCC1(C)CCCS1. The Hall–Kier alpha value is -2.02. The first-order valence-corrected chi connectivity index (χ1v) is 10.2. The van der Waals surface area contributed by atoms with Gasteiger partial charge in [-0.1, -0.05) is 6.07 Å². The molecule has 1 saturated heterocycles. The van der Waals surface area contributed by atoms with E-state index in [1.165, 1.54) is 18.6 Å². The molecule has 0 spiro atoms. The summed E-state index contributed by atoms with van der Waals surface area (Å²) >= 11 is 2.06. The summed E-state index contributed by atoms with van der Waals surface area (Å²) in [6, 6.07) is 4.08. The summed E-state index contributed by atoms with van der Waals surface area (Å²) < 4.78 is 2.29. The summed E-state index contributed by atoms with van der Waals surface area (Å²) in [6.45, 7) is 8.80. The highest BCUT2D eigenvalue weighted by molar-refractivity contribution is 8.00. The standard InChI is InChI=1S/C19H28N6S/c1-4-20-18(24-14-19(3)8-5-11-26-19)23-13-16-6-7-17(22-12-16)25-10-9-21-15(25)2/h6-7,9-10,12H,4-5,8,11,13-14H2,1-3H3,(H2,20,23,24). The van der Waals surface area contributed by atoms with Crippen LogP contribution in [0, 0.1) is 6.92 Å². The van der Waals surface area contributed by atoms with E-state index in [1.54, 1.807) is 6.20 Å². The van der Waals surface area contributed by atoms with E-state index in [-0.39, 0.29) is 0 Å². The van der Waals surface area contributed by atoms with Crippen LogP contribution in [0.3, 0.4) is 0 Å². The molecule has 2 aromatic rings.